The minimum Gasteiger partial charge on any atom is -0.462 e. The maximum absolute atomic E-state index is 3.94. The first-order chi connectivity index (χ1) is 5.15. The molecule has 1 heterocycles. The Kier molecular flexibility index (Phi) is 5.63. The zero-order valence-electron chi connectivity index (χ0n) is 7.39. The topological polar surface area (TPSA) is 3.24 Å². The maximum Gasteiger partial charge on any atom is 0 e. The molecule has 1 rings (SSSR count). The van der Waals surface area contributed by atoms with Crippen molar-refractivity contribution in [2.45, 2.75) is 13.3 Å². The third-order valence-electron chi connectivity index (χ3n) is 1.62. The molecule has 0 N–H and O–H groups in total. The molecule has 0 amide bonds. The van der Waals surface area contributed by atoms with E-state index in [2.05, 4.69) is 35.6 Å². The first-order valence-electron chi connectivity index (χ1n) is 3.57. The second-order valence-corrected chi connectivity index (χ2v) is 3.36. The molecule has 0 saturated carbocycles. The van der Waals surface area contributed by atoms with E-state index in [1.54, 1.807) is 0 Å². The van der Waals surface area contributed by atoms with Crippen LogP contribution in [-0.2, 0) is 32.7 Å². The van der Waals surface area contributed by atoms with Crippen LogP contribution in [0.3, 0.4) is 0 Å². The first kappa shape index (κ1) is 12.6. The zero-order valence-corrected chi connectivity index (χ0v) is 11.8. The molecular weight excluding hydrogens is 291 g/mol. The molecule has 3 heteroatoms. The summed E-state index contributed by atoms with van der Waals surface area (Å²) in [4.78, 5) is 1.91. The smallest absolute Gasteiger partial charge is 0 e. The summed E-state index contributed by atoms with van der Waals surface area (Å²) in [5.74, 6) is 0. The van der Waals surface area contributed by atoms with Gasteiger partial charge in [-0.05, 0) is 7.05 Å². The Labute approximate surface area is 108 Å². The van der Waals surface area contributed by atoms with Gasteiger partial charge in [-0.2, -0.15) is 0 Å². The molecule has 0 bridgehead atoms. The van der Waals surface area contributed by atoms with Crippen molar-refractivity contribution in [1.82, 2.24) is 4.90 Å². The predicted molar refractivity (Wildman–Crippen MR) is 51.0 cm³/mol. The van der Waals surface area contributed by atoms with Crippen molar-refractivity contribution in [2.75, 3.05) is 7.05 Å². The first-order valence-corrected chi connectivity index (χ1v) is 4.36. The van der Waals surface area contributed by atoms with E-state index in [1.807, 2.05) is 18.1 Å². The van der Waals surface area contributed by atoms with Crippen molar-refractivity contribution in [3.63, 3.8) is 0 Å². The normalized spacial score (nSPS) is 16.6. The molecule has 0 aliphatic carbocycles. The van der Waals surface area contributed by atoms with Gasteiger partial charge in [0.2, 0.25) is 0 Å². The monoisotopic (exact) mass is 301 g/mol. The van der Waals surface area contributed by atoms with E-state index < -0.39 is 0 Å². The van der Waals surface area contributed by atoms with Crippen LogP contribution in [0.4, 0.5) is 0 Å². The molecule has 1 nitrogen and oxygen atoms in total. The minimum absolute atomic E-state index is 0. The third-order valence-corrected chi connectivity index (χ3v) is 2.31. The summed E-state index contributed by atoms with van der Waals surface area (Å²) in [5.41, 5.74) is 2.22. The minimum atomic E-state index is 0. The van der Waals surface area contributed by atoms with Gasteiger partial charge in [-0.1, -0.05) is 46.2 Å². The zero-order chi connectivity index (χ0) is 8.43. The fourth-order valence-electron chi connectivity index (χ4n) is 0.997. The van der Waals surface area contributed by atoms with Gasteiger partial charge < -0.3 is 4.90 Å². The molecule has 0 saturated heterocycles. The summed E-state index contributed by atoms with van der Waals surface area (Å²) in [7, 11) is 1.96. The van der Waals surface area contributed by atoms with E-state index in [0.717, 1.165) is 16.5 Å². The predicted octanol–water partition coefficient (Wildman–Crippen LogP) is 2.82. The quantitative estimate of drug-likeness (QED) is 0.673. The summed E-state index contributed by atoms with van der Waals surface area (Å²) >= 11 is 3.43. The molecule has 0 fully saturated rings. The number of allylic oxidation sites excluding steroid dienone is 3. The molecule has 0 unspecified atom stereocenters. The maximum atomic E-state index is 3.94. The largest absolute Gasteiger partial charge is 0.462 e. The molecule has 1 aliphatic heterocycles. The van der Waals surface area contributed by atoms with Crippen LogP contribution in [0.2, 0.25) is 0 Å². The Morgan fingerprint density at radius 2 is 2.25 bits per heavy atom. The van der Waals surface area contributed by atoms with Gasteiger partial charge in [-0.15, -0.1) is 17.7 Å². The van der Waals surface area contributed by atoms with Crippen molar-refractivity contribution in [2.24, 2.45) is 0 Å². The second-order valence-electron chi connectivity index (χ2n) is 2.51. The van der Waals surface area contributed by atoms with Crippen LogP contribution in [0.25, 0.3) is 0 Å². The molecule has 1 aliphatic rings. The van der Waals surface area contributed by atoms with E-state index in [0.29, 0.717) is 0 Å². The Morgan fingerprint density at radius 1 is 1.67 bits per heavy atom. The van der Waals surface area contributed by atoms with Crippen LogP contribution in [0.5, 0.6) is 0 Å². The number of hydrogen-bond donors (Lipinski definition) is 0. The van der Waals surface area contributed by atoms with Crippen LogP contribution in [0.1, 0.15) is 13.3 Å². The second kappa shape index (κ2) is 5.36. The van der Waals surface area contributed by atoms with Crippen molar-refractivity contribution in [3.05, 3.63) is 34.6 Å². The molecule has 63 valence electrons. The molecule has 0 aromatic heterocycles. The van der Waals surface area contributed by atoms with Crippen molar-refractivity contribution >= 4 is 15.9 Å². The Morgan fingerprint density at radius 3 is 2.75 bits per heavy atom. The van der Waals surface area contributed by atoms with Crippen molar-refractivity contribution in [3.8, 4) is 0 Å². The van der Waals surface area contributed by atoms with E-state index in [4.69, 9.17) is 0 Å². The van der Waals surface area contributed by atoms with E-state index in [1.165, 1.54) is 5.57 Å². The molecule has 1 radical (unpaired) electrons. The molecule has 12 heavy (non-hydrogen) atoms. The SMILES string of the molecule is C=C1C(CC)=[C-]N(C)C=C1Br.[Y]. The Balaban J connectivity index is 0.00000121. The van der Waals surface area contributed by atoms with Gasteiger partial charge in [0.1, 0.15) is 0 Å². The fourth-order valence-corrected chi connectivity index (χ4v) is 1.54. The van der Waals surface area contributed by atoms with Gasteiger partial charge in [0.15, 0.2) is 0 Å². The molecule has 0 spiro atoms. The summed E-state index contributed by atoms with van der Waals surface area (Å²) in [6, 6.07) is 0. The van der Waals surface area contributed by atoms with Crippen molar-refractivity contribution < 1.29 is 32.7 Å². The fraction of sp³-hybridized carbons (Fsp3) is 0.333. The van der Waals surface area contributed by atoms with E-state index in [9.17, 15) is 0 Å². The number of rotatable bonds is 1. The van der Waals surface area contributed by atoms with Gasteiger partial charge >= 0.3 is 0 Å². The summed E-state index contributed by atoms with van der Waals surface area (Å²) in [6.07, 6.45) is 6.13. The Hall–Kier alpha value is 0.604. The average molecular weight is 302 g/mol. The average Bonchev–Trinajstić information content (AvgIpc) is 1.96. The standard InChI is InChI=1S/C9H11BrN.Y/c1-4-8-5-11(3)6-9(10)7(8)2;/h6H,2,4H2,1,3H3;/q-1;. The molecular formula is C9H11BrNY-. The number of hydrogen-bond acceptors (Lipinski definition) is 1. The van der Waals surface area contributed by atoms with Gasteiger partial charge in [0.25, 0.3) is 0 Å². The Bertz CT molecular complexity index is 243. The van der Waals surface area contributed by atoms with Gasteiger partial charge in [0.05, 0.1) is 0 Å². The van der Waals surface area contributed by atoms with E-state index >= 15 is 0 Å². The van der Waals surface area contributed by atoms with Crippen LogP contribution >= 0.6 is 15.9 Å². The molecule has 0 aromatic carbocycles. The van der Waals surface area contributed by atoms with Crippen LogP contribution < -0.4 is 0 Å². The van der Waals surface area contributed by atoms with Gasteiger partial charge in [-0.25, -0.2) is 0 Å². The number of halogens is 1. The number of nitrogens with zero attached hydrogens (tertiary/aromatic N) is 1. The van der Waals surface area contributed by atoms with E-state index in [-0.39, 0.29) is 32.7 Å². The van der Waals surface area contributed by atoms with Crippen LogP contribution in [-0.4, -0.2) is 11.9 Å². The van der Waals surface area contributed by atoms with Gasteiger partial charge in [0, 0.05) is 32.7 Å². The van der Waals surface area contributed by atoms with Crippen LogP contribution in [0.15, 0.2) is 28.4 Å². The summed E-state index contributed by atoms with van der Waals surface area (Å²) in [5, 5.41) is 0. The summed E-state index contributed by atoms with van der Waals surface area (Å²) < 4.78 is 1.05. The van der Waals surface area contributed by atoms with Gasteiger partial charge in [-0.3, -0.25) is 0 Å². The third kappa shape index (κ3) is 2.83. The van der Waals surface area contributed by atoms with Crippen LogP contribution in [0, 0.1) is 6.20 Å². The molecule has 0 aromatic rings. The summed E-state index contributed by atoms with van der Waals surface area (Å²) in [6.45, 7) is 6.04. The molecule has 0 atom stereocenters. The van der Waals surface area contributed by atoms with Crippen molar-refractivity contribution in [1.29, 1.82) is 0 Å².